The molecule has 1 atom stereocenters. The lowest BCUT2D eigenvalue weighted by molar-refractivity contribution is -0.142. The molecule has 5 nitrogen and oxygen atoms in total. The standard InChI is InChI=1S/C17H26N2O3/c1-11-8-13(3)16(9-12(11)2)10-19(14(4)17(21)22)7-6-18-15(5)20/h8-9,14H,6-7,10H2,1-5H3,(H,18,20)(H,21,22). The predicted octanol–water partition coefficient (Wildman–Crippen LogP) is 2.02. The fourth-order valence-corrected chi connectivity index (χ4v) is 2.35. The number of amides is 1. The minimum Gasteiger partial charge on any atom is -0.480 e. The van der Waals surface area contributed by atoms with Crippen LogP contribution in [0.3, 0.4) is 0 Å². The summed E-state index contributed by atoms with van der Waals surface area (Å²) in [6.45, 7) is 10.8. The van der Waals surface area contributed by atoms with Gasteiger partial charge in [0.2, 0.25) is 5.91 Å². The van der Waals surface area contributed by atoms with Crippen LogP contribution in [0.15, 0.2) is 12.1 Å². The molecular formula is C17H26N2O3. The van der Waals surface area contributed by atoms with Crippen molar-refractivity contribution in [2.24, 2.45) is 0 Å². The summed E-state index contributed by atoms with van der Waals surface area (Å²) in [5.74, 6) is -0.963. The normalized spacial score (nSPS) is 12.3. The van der Waals surface area contributed by atoms with Crippen molar-refractivity contribution in [2.75, 3.05) is 13.1 Å². The number of hydrogen-bond acceptors (Lipinski definition) is 3. The molecule has 1 aromatic carbocycles. The second-order valence-corrected chi connectivity index (χ2v) is 5.83. The van der Waals surface area contributed by atoms with Gasteiger partial charge in [0.05, 0.1) is 0 Å². The van der Waals surface area contributed by atoms with Crippen LogP contribution < -0.4 is 5.32 Å². The van der Waals surface area contributed by atoms with Crippen LogP contribution in [-0.2, 0) is 16.1 Å². The minimum absolute atomic E-state index is 0.106. The van der Waals surface area contributed by atoms with Crippen LogP contribution in [0, 0.1) is 20.8 Å². The summed E-state index contributed by atoms with van der Waals surface area (Å²) in [5.41, 5.74) is 4.71. The van der Waals surface area contributed by atoms with Crippen LogP contribution in [0.1, 0.15) is 36.1 Å². The number of benzene rings is 1. The first-order valence-electron chi connectivity index (χ1n) is 7.50. The molecule has 0 heterocycles. The number of nitrogens with zero attached hydrogens (tertiary/aromatic N) is 1. The van der Waals surface area contributed by atoms with E-state index in [9.17, 15) is 14.7 Å². The van der Waals surface area contributed by atoms with Crippen molar-refractivity contribution in [1.82, 2.24) is 10.2 Å². The largest absolute Gasteiger partial charge is 0.480 e. The van der Waals surface area contributed by atoms with E-state index >= 15 is 0 Å². The zero-order valence-electron chi connectivity index (χ0n) is 14.1. The SMILES string of the molecule is CC(=O)NCCN(Cc1cc(C)c(C)cc1C)C(C)C(=O)O. The van der Waals surface area contributed by atoms with E-state index in [2.05, 4.69) is 31.3 Å². The Labute approximate surface area is 132 Å². The molecule has 0 saturated heterocycles. The Morgan fingerprint density at radius 1 is 1.18 bits per heavy atom. The molecule has 2 N–H and O–H groups in total. The number of nitrogens with one attached hydrogen (secondary N) is 1. The first kappa shape index (κ1) is 18.2. The quantitative estimate of drug-likeness (QED) is 0.808. The van der Waals surface area contributed by atoms with E-state index in [1.807, 2.05) is 11.8 Å². The number of carbonyl (C=O) groups excluding carboxylic acids is 1. The van der Waals surface area contributed by atoms with Crippen LogP contribution in [0.25, 0.3) is 0 Å². The summed E-state index contributed by atoms with van der Waals surface area (Å²) in [5, 5.41) is 12.0. The molecule has 122 valence electrons. The molecule has 0 aliphatic rings. The third-order valence-electron chi connectivity index (χ3n) is 4.00. The molecular weight excluding hydrogens is 280 g/mol. The Balaban J connectivity index is 2.90. The molecule has 1 rings (SSSR count). The number of hydrogen-bond donors (Lipinski definition) is 2. The molecule has 0 bridgehead atoms. The van der Waals surface area contributed by atoms with Crippen molar-refractivity contribution in [3.8, 4) is 0 Å². The molecule has 0 radical (unpaired) electrons. The van der Waals surface area contributed by atoms with Crippen molar-refractivity contribution in [2.45, 2.75) is 47.2 Å². The summed E-state index contributed by atoms with van der Waals surface area (Å²) in [4.78, 5) is 24.2. The summed E-state index contributed by atoms with van der Waals surface area (Å²) in [7, 11) is 0. The van der Waals surface area contributed by atoms with Gasteiger partial charge >= 0.3 is 5.97 Å². The molecule has 22 heavy (non-hydrogen) atoms. The Hall–Kier alpha value is -1.88. The maximum Gasteiger partial charge on any atom is 0.320 e. The Kier molecular flexibility index (Phi) is 6.56. The molecule has 0 saturated carbocycles. The van der Waals surface area contributed by atoms with E-state index in [-0.39, 0.29) is 5.91 Å². The van der Waals surface area contributed by atoms with E-state index in [1.54, 1.807) is 6.92 Å². The second-order valence-electron chi connectivity index (χ2n) is 5.83. The van der Waals surface area contributed by atoms with Crippen molar-refractivity contribution in [1.29, 1.82) is 0 Å². The highest BCUT2D eigenvalue weighted by Gasteiger charge is 2.21. The highest BCUT2D eigenvalue weighted by Crippen LogP contribution is 2.18. The number of aliphatic carboxylic acids is 1. The lowest BCUT2D eigenvalue weighted by Crippen LogP contribution is -2.42. The van der Waals surface area contributed by atoms with Gasteiger partial charge in [0.1, 0.15) is 6.04 Å². The topological polar surface area (TPSA) is 69.6 Å². The van der Waals surface area contributed by atoms with Gasteiger partial charge in [-0.1, -0.05) is 12.1 Å². The van der Waals surface area contributed by atoms with E-state index in [1.165, 1.54) is 18.1 Å². The summed E-state index contributed by atoms with van der Waals surface area (Å²) in [6, 6.07) is 3.64. The van der Waals surface area contributed by atoms with Crippen LogP contribution >= 0.6 is 0 Å². The first-order valence-corrected chi connectivity index (χ1v) is 7.50. The van der Waals surface area contributed by atoms with Crippen molar-refractivity contribution in [3.63, 3.8) is 0 Å². The Morgan fingerprint density at radius 3 is 2.32 bits per heavy atom. The molecule has 1 amide bonds. The first-order chi connectivity index (χ1) is 10.2. The average Bonchev–Trinajstić information content (AvgIpc) is 2.42. The van der Waals surface area contributed by atoms with Gasteiger partial charge in [-0.3, -0.25) is 14.5 Å². The number of carboxylic acids is 1. The van der Waals surface area contributed by atoms with Crippen LogP contribution in [-0.4, -0.2) is 41.0 Å². The Morgan fingerprint density at radius 2 is 1.77 bits per heavy atom. The third-order valence-corrected chi connectivity index (χ3v) is 4.00. The Bertz CT molecular complexity index is 555. The van der Waals surface area contributed by atoms with Gasteiger partial charge in [-0.05, 0) is 49.9 Å². The van der Waals surface area contributed by atoms with Gasteiger partial charge in [0.25, 0.3) is 0 Å². The fraction of sp³-hybridized carbons (Fsp3) is 0.529. The molecule has 5 heteroatoms. The van der Waals surface area contributed by atoms with Gasteiger partial charge < -0.3 is 10.4 Å². The van der Waals surface area contributed by atoms with Gasteiger partial charge in [-0.2, -0.15) is 0 Å². The monoisotopic (exact) mass is 306 g/mol. The molecule has 0 spiro atoms. The lowest BCUT2D eigenvalue weighted by atomic mass is 10.00. The molecule has 0 aromatic heterocycles. The predicted molar refractivity (Wildman–Crippen MR) is 86.8 cm³/mol. The van der Waals surface area contributed by atoms with Gasteiger partial charge in [0, 0.05) is 26.6 Å². The van der Waals surface area contributed by atoms with E-state index < -0.39 is 12.0 Å². The zero-order valence-corrected chi connectivity index (χ0v) is 14.1. The van der Waals surface area contributed by atoms with Crippen molar-refractivity contribution < 1.29 is 14.7 Å². The smallest absolute Gasteiger partial charge is 0.320 e. The van der Waals surface area contributed by atoms with Crippen LogP contribution in [0.4, 0.5) is 0 Å². The maximum absolute atomic E-state index is 11.3. The van der Waals surface area contributed by atoms with Gasteiger partial charge in [-0.15, -0.1) is 0 Å². The molecule has 0 fully saturated rings. The van der Waals surface area contributed by atoms with E-state index in [4.69, 9.17) is 0 Å². The van der Waals surface area contributed by atoms with Crippen molar-refractivity contribution in [3.05, 3.63) is 34.4 Å². The summed E-state index contributed by atoms with van der Waals surface area (Å²) in [6.07, 6.45) is 0. The minimum atomic E-state index is -0.857. The molecule has 0 aliphatic carbocycles. The number of carbonyl (C=O) groups is 2. The van der Waals surface area contributed by atoms with E-state index in [0.29, 0.717) is 19.6 Å². The number of carboxylic acid groups (broad SMARTS) is 1. The van der Waals surface area contributed by atoms with E-state index in [0.717, 1.165) is 11.1 Å². The average molecular weight is 306 g/mol. The van der Waals surface area contributed by atoms with Crippen LogP contribution in [0.5, 0.6) is 0 Å². The highest BCUT2D eigenvalue weighted by atomic mass is 16.4. The second kappa shape index (κ2) is 7.94. The zero-order chi connectivity index (χ0) is 16.9. The van der Waals surface area contributed by atoms with Gasteiger partial charge in [0.15, 0.2) is 0 Å². The number of aryl methyl sites for hydroxylation is 3. The third kappa shape index (κ3) is 5.15. The summed E-state index contributed by atoms with van der Waals surface area (Å²) >= 11 is 0. The maximum atomic E-state index is 11.3. The highest BCUT2D eigenvalue weighted by molar-refractivity contribution is 5.73. The molecule has 1 aromatic rings. The molecule has 0 aliphatic heterocycles. The van der Waals surface area contributed by atoms with Crippen molar-refractivity contribution >= 4 is 11.9 Å². The van der Waals surface area contributed by atoms with Crippen LogP contribution in [0.2, 0.25) is 0 Å². The summed E-state index contributed by atoms with van der Waals surface area (Å²) < 4.78 is 0. The lowest BCUT2D eigenvalue weighted by Gasteiger charge is -2.27. The fourth-order valence-electron chi connectivity index (χ4n) is 2.35. The number of rotatable bonds is 7. The molecule has 1 unspecified atom stereocenters. The van der Waals surface area contributed by atoms with Gasteiger partial charge in [-0.25, -0.2) is 0 Å².